The van der Waals surface area contributed by atoms with Gasteiger partial charge in [0, 0.05) is 0 Å². The van der Waals surface area contributed by atoms with Crippen molar-refractivity contribution in [2.45, 2.75) is 6.54 Å². The van der Waals surface area contributed by atoms with Gasteiger partial charge < -0.3 is 18.8 Å². The number of rotatable bonds is 4. The van der Waals surface area contributed by atoms with Crippen molar-refractivity contribution in [2.24, 2.45) is 0 Å². The van der Waals surface area contributed by atoms with Gasteiger partial charge in [-0.15, -0.1) is 0 Å². The zero-order valence-electron chi connectivity index (χ0n) is 12.3. The van der Waals surface area contributed by atoms with E-state index in [1.54, 1.807) is 24.5 Å². The lowest BCUT2D eigenvalue weighted by molar-refractivity contribution is 0.0492. The molecule has 6 heteroatoms. The van der Waals surface area contributed by atoms with Crippen LogP contribution in [0.4, 0.5) is 0 Å². The van der Waals surface area contributed by atoms with Crippen molar-refractivity contribution >= 4 is 17.0 Å². The molecule has 0 spiro atoms. The van der Waals surface area contributed by atoms with E-state index in [1.165, 1.54) is 0 Å². The van der Waals surface area contributed by atoms with E-state index >= 15 is 0 Å². The van der Waals surface area contributed by atoms with Crippen molar-refractivity contribution in [3.8, 4) is 11.5 Å². The fourth-order valence-corrected chi connectivity index (χ4v) is 2.53. The topological polar surface area (TPSA) is 62.6 Å². The van der Waals surface area contributed by atoms with Gasteiger partial charge in [-0.25, -0.2) is 9.78 Å². The van der Waals surface area contributed by atoms with Crippen LogP contribution in [-0.4, -0.2) is 28.9 Å². The second-order valence-corrected chi connectivity index (χ2v) is 5.13. The molecule has 0 radical (unpaired) electrons. The number of hydrogen-bond acceptors (Lipinski definition) is 5. The van der Waals surface area contributed by atoms with Crippen LogP contribution < -0.4 is 9.47 Å². The first-order chi connectivity index (χ1) is 11.3. The van der Waals surface area contributed by atoms with Crippen LogP contribution in [0, 0.1) is 0 Å². The van der Waals surface area contributed by atoms with Crippen molar-refractivity contribution in [3.63, 3.8) is 0 Å². The molecule has 2 aromatic carbocycles. The van der Waals surface area contributed by atoms with E-state index in [1.807, 2.05) is 28.8 Å². The minimum Gasteiger partial charge on any atom is -0.460 e. The van der Waals surface area contributed by atoms with Gasteiger partial charge in [0.1, 0.15) is 6.61 Å². The van der Waals surface area contributed by atoms with E-state index in [0.717, 1.165) is 11.0 Å². The molecule has 0 N–H and O–H groups in total. The van der Waals surface area contributed by atoms with Gasteiger partial charge in [-0.1, -0.05) is 12.1 Å². The summed E-state index contributed by atoms with van der Waals surface area (Å²) in [5.41, 5.74) is 2.39. The van der Waals surface area contributed by atoms with Crippen molar-refractivity contribution < 1.29 is 19.0 Å². The summed E-state index contributed by atoms with van der Waals surface area (Å²) in [5.74, 6) is 0.833. The number of aromatic nitrogens is 2. The molecule has 6 nitrogen and oxygen atoms in total. The Morgan fingerprint density at radius 1 is 1.17 bits per heavy atom. The maximum Gasteiger partial charge on any atom is 0.338 e. The molecule has 0 bridgehead atoms. The number of hydrogen-bond donors (Lipinski definition) is 0. The van der Waals surface area contributed by atoms with Gasteiger partial charge in [0.25, 0.3) is 0 Å². The summed E-state index contributed by atoms with van der Waals surface area (Å²) in [6, 6.07) is 12.9. The second kappa shape index (κ2) is 5.64. The Morgan fingerprint density at radius 3 is 3.00 bits per heavy atom. The van der Waals surface area contributed by atoms with E-state index < -0.39 is 0 Å². The molecule has 0 saturated heterocycles. The number of benzene rings is 2. The van der Waals surface area contributed by atoms with Crippen molar-refractivity contribution in [2.75, 3.05) is 13.4 Å². The summed E-state index contributed by atoms with van der Waals surface area (Å²) in [4.78, 5) is 16.4. The van der Waals surface area contributed by atoms with E-state index in [0.29, 0.717) is 23.6 Å². The Morgan fingerprint density at radius 2 is 2.04 bits per heavy atom. The number of nitrogens with zero attached hydrogens (tertiary/aromatic N) is 2. The molecule has 4 rings (SSSR count). The predicted molar refractivity (Wildman–Crippen MR) is 82.6 cm³/mol. The molecule has 0 saturated carbocycles. The highest BCUT2D eigenvalue weighted by Crippen LogP contribution is 2.32. The molecule has 3 aromatic rings. The van der Waals surface area contributed by atoms with Crippen LogP contribution in [0.3, 0.4) is 0 Å². The number of para-hydroxylation sites is 2. The van der Waals surface area contributed by atoms with E-state index in [2.05, 4.69) is 4.98 Å². The Kier molecular flexibility index (Phi) is 3.34. The summed E-state index contributed by atoms with van der Waals surface area (Å²) in [7, 11) is 0. The molecule has 1 aliphatic heterocycles. The lowest BCUT2D eigenvalue weighted by Gasteiger charge is -2.07. The van der Waals surface area contributed by atoms with Crippen LogP contribution in [0.15, 0.2) is 48.8 Å². The Hall–Kier alpha value is -3.02. The maximum atomic E-state index is 12.1. The number of fused-ring (bicyclic) bond motifs is 2. The SMILES string of the molecule is O=C(OCCn1cnc2ccccc21)c1ccc2c(c1)OCO2. The largest absolute Gasteiger partial charge is 0.460 e. The predicted octanol–water partition coefficient (Wildman–Crippen LogP) is 2.62. The first kappa shape index (κ1) is 13.6. The van der Waals surface area contributed by atoms with Crippen LogP contribution in [0.2, 0.25) is 0 Å². The Balaban J connectivity index is 1.40. The highest BCUT2D eigenvalue weighted by Gasteiger charge is 2.16. The van der Waals surface area contributed by atoms with Crippen LogP contribution in [0.5, 0.6) is 11.5 Å². The molecule has 2 heterocycles. The quantitative estimate of drug-likeness (QED) is 0.693. The molecular weight excluding hydrogens is 296 g/mol. The first-order valence-electron chi connectivity index (χ1n) is 7.28. The van der Waals surface area contributed by atoms with Crippen molar-refractivity contribution in [1.82, 2.24) is 9.55 Å². The summed E-state index contributed by atoms with van der Waals surface area (Å²) in [5, 5.41) is 0. The number of carbonyl (C=O) groups is 1. The lowest BCUT2D eigenvalue weighted by Crippen LogP contribution is -2.11. The number of imidazole rings is 1. The summed E-state index contributed by atoms with van der Waals surface area (Å²) in [6.07, 6.45) is 1.75. The third kappa shape index (κ3) is 2.59. The van der Waals surface area contributed by atoms with Crippen LogP contribution in [0.25, 0.3) is 11.0 Å². The minimum atomic E-state index is -0.382. The molecule has 23 heavy (non-hydrogen) atoms. The Bertz CT molecular complexity index is 872. The molecule has 0 unspecified atom stereocenters. The minimum absolute atomic E-state index is 0.182. The molecule has 0 fully saturated rings. The lowest BCUT2D eigenvalue weighted by atomic mass is 10.2. The average Bonchev–Trinajstić information content (AvgIpc) is 3.21. The van der Waals surface area contributed by atoms with Crippen LogP contribution in [0.1, 0.15) is 10.4 Å². The Labute approximate surface area is 132 Å². The zero-order valence-corrected chi connectivity index (χ0v) is 12.3. The molecule has 0 aliphatic carbocycles. The fraction of sp³-hybridized carbons (Fsp3) is 0.176. The van der Waals surface area contributed by atoms with E-state index in [-0.39, 0.29) is 19.4 Å². The average molecular weight is 310 g/mol. The molecule has 1 aromatic heterocycles. The van der Waals surface area contributed by atoms with Crippen molar-refractivity contribution in [1.29, 1.82) is 0 Å². The van der Waals surface area contributed by atoms with Crippen LogP contribution in [-0.2, 0) is 11.3 Å². The smallest absolute Gasteiger partial charge is 0.338 e. The zero-order chi connectivity index (χ0) is 15.6. The fourth-order valence-electron chi connectivity index (χ4n) is 2.53. The van der Waals surface area contributed by atoms with E-state index in [4.69, 9.17) is 14.2 Å². The van der Waals surface area contributed by atoms with Gasteiger partial charge in [-0.05, 0) is 30.3 Å². The molecule has 0 amide bonds. The normalized spacial score (nSPS) is 12.5. The first-order valence-corrected chi connectivity index (χ1v) is 7.28. The number of ether oxygens (including phenoxy) is 3. The summed E-state index contributed by atoms with van der Waals surface area (Å²) >= 11 is 0. The van der Waals surface area contributed by atoms with Gasteiger partial charge in [0.05, 0.1) is 29.5 Å². The highest BCUT2D eigenvalue weighted by atomic mass is 16.7. The summed E-state index contributed by atoms with van der Waals surface area (Å²) < 4.78 is 17.8. The monoisotopic (exact) mass is 310 g/mol. The molecule has 0 atom stereocenters. The standard InChI is InChI=1S/C17H14N2O4/c20-17(12-5-6-15-16(9-12)23-11-22-15)21-8-7-19-10-18-13-3-1-2-4-14(13)19/h1-6,9-10H,7-8,11H2. The maximum absolute atomic E-state index is 12.1. The van der Waals surface area contributed by atoms with Gasteiger partial charge in [0.2, 0.25) is 6.79 Å². The molecule has 1 aliphatic rings. The summed E-state index contributed by atoms with van der Waals surface area (Å²) in [6.45, 7) is 1.01. The number of esters is 1. The third-order valence-electron chi connectivity index (χ3n) is 3.70. The van der Waals surface area contributed by atoms with Crippen molar-refractivity contribution in [3.05, 3.63) is 54.4 Å². The van der Waals surface area contributed by atoms with E-state index in [9.17, 15) is 4.79 Å². The van der Waals surface area contributed by atoms with Gasteiger partial charge in [-0.2, -0.15) is 0 Å². The number of carbonyl (C=O) groups excluding carboxylic acids is 1. The van der Waals surface area contributed by atoms with Gasteiger partial charge >= 0.3 is 5.97 Å². The van der Waals surface area contributed by atoms with Gasteiger partial charge in [-0.3, -0.25) is 0 Å². The van der Waals surface area contributed by atoms with Gasteiger partial charge in [0.15, 0.2) is 11.5 Å². The van der Waals surface area contributed by atoms with Crippen LogP contribution >= 0.6 is 0 Å². The third-order valence-corrected chi connectivity index (χ3v) is 3.70. The molecular formula is C17H14N2O4. The highest BCUT2D eigenvalue weighted by molar-refractivity contribution is 5.90. The molecule has 116 valence electrons. The second-order valence-electron chi connectivity index (χ2n) is 5.13.